The summed E-state index contributed by atoms with van der Waals surface area (Å²) < 4.78 is 1.06. The van der Waals surface area contributed by atoms with E-state index in [4.69, 9.17) is 0 Å². The zero-order chi connectivity index (χ0) is 14.1. The van der Waals surface area contributed by atoms with E-state index < -0.39 is 0 Å². The van der Waals surface area contributed by atoms with Gasteiger partial charge in [-0.3, -0.25) is 4.79 Å². The first-order chi connectivity index (χ1) is 9.70. The van der Waals surface area contributed by atoms with Crippen molar-refractivity contribution < 1.29 is 4.79 Å². The molecule has 0 bridgehead atoms. The molecular weight excluding hydrogens is 314 g/mol. The number of rotatable bonds is 2. The van der Waals surface area contributed by atoms with Gasteiger partial charge in [0, 0.05) is 22.6 Å². The second kappa shape index (κ2) is 5.25. The van der Waals surface area contributed by atoms with E-state index in [0.717, 1.165) is 10.2 Å². The van der Waals surface area contributed by atoms with Crippen molar-refractivity contribution in [1.82, 2.24) is 0 Å². The normalized spacial score (nSPS) is 16.9. The lowest BCUT2D eigenvalue weighted by atomic mass is 9.93. The average molecular weight is 328 g/mol. The van der Waals surface area contributed by atoms with Crippen molar-refractivity contribution in [2.24, 2.45) is 0 Å². The highest BCUT2D eigenvalue weighted by Gasteiger charge is 2.31. The van der Waals surface area contributed by atoms with E-state index >= 15 is 0 Å². The number of hydrogen-bond acceptors (Lipinski definition) is 1. The Morgan fingerprint density at radius 2 is 2.05 bits per heavy atom. The molecule has 1 aliphatic heterocycles. The van der Waals surface area contributed by atoms with E-state index in [9.17, 15) is 4.79 Å². The fourth-order valence-corrected chi connectivity index (χ4v) is 3.15. The lowest BCUT2D eigenvalue weighted by Gasteiger charge is -2.15. The Balaban J connectivity index is 2.07. The molecule has 3 rings (SSSR count). The third-order valence-electron chi connectivity index (χ3n) is 3.66. The first-order valence-corrected chi connectivity index (χ1v) is 7.28. The van der Waals surface area contributed by atoms with Crippen molar-refractivity contribution in [1.29, 1.82) is 0 Å². The predicted octanol–water partition coefficient (Wildman–Crippen LogP) is 4.11. The standard InChI is InChI=1S/C17H14BrNO/c1-2-17(20)19-11-15(12-6-5-7-13(18)10-12)14-8-3-4-9-16(14)19/h2-10,15H,1,11H2. The molecule has 1 atom stereocenters. The number of anilines is 1. The van der Waals surface area contributed by atoms with Gasteiger partial charge in [-0.05, 0) is 35.4 Å². The Morgan fingerprint density at radius 1 is 1.25 bits per heavy atom. The van der Waals surface area contributed by atoms with Crippen LogP contribution in [-0.2, 0) is 4.79 Å². The van der Waals surface area contributed by atoms with Gasteiger partial charge in [0.15, 0.2) is 0 Å². The highest BCUT2D eigenvalue weighted by Crippen LogP contribution is 2.40. The number of amides is 1. The van der Waals surface area contributed by atoms with E-state index in [1.165, 1.54) is 17.2 Å². The SMILES string of the molecule is C=CC(=O)N1CC(c2cccc(Br)c2)c2ccccc21. The molecule has 0 spiro atoms. The van der Waals surface area contributed by atoms with Gasteiger partial charge in [0.2, 0.25) is 5.91 Å². The van der Waals surface area contributed by atoms with Crippen molar-refractivity contribution in [3.63, 3.8) is 0 Å². The Hall–Kier alpha value is -1.87. The van der Waals surface area contributed by atoms with Crippen LogP contribution in [0.15, 0.2) is 65.7 Å². The van der Waals surface area contributed by atoms with E-state index in [2.05, 4.69) is 40.7 Å². The fourth-order valence-electron chi connectivity index (χ4n) is 2.73. The molecule has 100 valence electrons. The van der Waals surface area contributed by atoms with Crippen LogP contribution in [0.25, 0.3) is 0 Å². The first kappa shape index (κ1) is 13.1. The summed E-state index contributed by atoms with van der Waals surface area (Å²) in [4.78, 5) is 13.8. The maximum atomic E-state index is 12.0. The highest BCUT2D eigenvalue weighted by molar-refractivity contribution is 9.10. The molecule has 20 heavy (non-hydrogen) atoms. The summed E-state index contributed by atoms with van der Waals surface area (Å²) in [5.74, 6) is 0.169. The number of halogens is 1. The molecule has 2 nitrogen and oxygen atoms in total. The average Bonchev–Trinajstić information content (AvgIpc) is 2.86. The summed E-state index contributed by atoms with van der Waals surface area (Å²) in [5.41, 5.74) is 3.40. The monoisotopic (exact) mass is 327 g/mol. The summed E-state index contributed by atoms with van der Waals surface area (Å²) in [7, 11) is 0. The minimum Gasteiger partial charge on any atom is -0.308 e. The second-order valence-electron chi connectivity index (χ2n) is 4.82. The van der Waals surface area contributed by atoms with Crippen LogP contribution in [0, 0.1) is 0 Å². The van der Waals surface area contributed by atoms with E-state index in [0.29, 0.717) is 6.54 Å². The molecule has 0 fully saturated rings. The van der Waals surface area contributed by atoms with Gasteiger partial charge in [-0.2, -0.15) is 0 Å². The molecule has 1 aliphatic rings. The molecule has 1 amide bonds. The highest BCUT2D eigenvalue weighted by atomic mass is 79.9. The zero-order valence-corrected chi connectivity index (χ0v) is 12.5. The van der Waals surface area contributed by atoms with Crippen LogP contribution in [0.2, 0.25) is 0 Å². The van der Waals surface area contributed by atoms with Crippen LogP contribution in [0.4, 0.5) is 5.69 Å². The number of para-hydroxylation sites is 1. The molecule has 0 N–H and O–H groups in total. The number of carbonyl (C=O) groups excluding carboxylic acids is 1. The Labute approximate surface area is 126 Å². The van der Waals surface area contributed by atoms with Gasteiger partial charge in [-0.25, -0.2) is 0 Å². The summed E-state index contributed by atoms with van der Waals surface area (Å²) in [6.07, 6.45) is 1.38. The largest absolute Gasteiger partial charge is 0.308 e. The molecule has 0 aromatic heterocycles. The van der Waals surface area contributed by atoms with Crippen LogP contribution in [0.3, 0.4) is 0 Å². The van der Waals surface area contributed by atoms with Crippen LogP contribution in [0.5, 0.6) is 0 Å². The lowest BCUT2D eigenvalue weighted by molar-refractivity contribution is -0.114. The third kappa shape index (κ3) is 2.18. The number of nitrogens with zero attached hydrogens (tertiary/aromatic N) is 1. The zero-order valence-electron chi connectivity index (χ0n) is 10.9. The number of fused-ring (bicyclic) bond motifs is 1. The minimum absolute atomic E-state index is 0.0463. The smallest absolute Gasteiger partial charge is 0.250 e. The molecule has 0 aliphatic carbocycles. The second-order valence-corrected chi connectivity index (χ2v) is 5.74. The number of hydrogen-bond donors (Lipinski definition) is 0. The van der Waals surface area contributed by atoms with Crippen LogP contribution in [0.1, 0.15) is 17.0 Å². The third-order valence-corrected chi connectivity index (χ3v) is 4.15. The first-order valence-electron chi connectivity index (χ1n) is 6.49. The molecule has 3 heteroatoms. The van der Waals surface area contributed by atoms with Crippen LogP contribution < -0.4 is 4.90 Å². The molecule has 0 saturated heterocycles. The van der Waals surface area contributed by atoms with E-state index in [1.807, 2.05) is 30.3 Å². The van der Waals surface area contributed by atoms with Gasteiger partial charge in [0.25, 0.3) is 0 Å². The molecule has 2 aromatic rings. The summed E-state index contributed by atoms with van der Waals surface area (Å²) >= 11 is 3.51. The number of benzene rings is 2. The van der Waals surface area contributed by atoms with E-state index in [-0.39, 0.29) is 11.8 Å². The maximum Gasteiger partial charge on any atom is 0.250 e. The Kier molecular flexibility index (Phi) is 3.45. The van der Waals surface area contributed by atoms with Gasteiger partial charge in [-0.1, -0.05) is 52.8 Å². The van der Waals surface area contributed by atoms with E-state index in [1.54, 1.807) is 4.90 Å². The van der Waals surface area contributed by atoms with Gasteiger partial charge < -0.3 is 4.90 Å². The van der Waals surface area contributed by atoms with Gasteiger partial charge in [-0.15, -0.1) is 0 Å². The van der Waals surface area contributed by atoms with Crippen molar-refractivity contribution in [2.75, 3.05) is 11.4 Å². The van der Waals surface area contributed by atoms with Crippen molar-refractivity contribution in [3.8, 4) is 0 Å². The van der Waals surface area contributed by atoms with Crippen LogP contribution >= 0.6 is 15.9 Å². The van der Waals surface area contributed by atoms with Crippen molar-refractivity contribution >= 4 is 27.5 Å². The van der Waals surface area contributed by atoms with Gasteiger partial charge in [0.1, 0.15) is 0 Å². The summed E-state index contributed by atoms with van der Waals surface area (Å²) in [5, 5.41) is 0. The molecule has 0 saturated carbocycles. The fraction of sp³-hybridized carbons (Fsp3) is 0.118. The molecule has 1 unspecified atom stereocenters. The minimum atomic E-state index is -0.0463. The summed E-state index contributed by atoms with van der Waals surface area (Å²) in [6.45, 7) is 4.26. The topological polar surface area (TPSA) is 20.3 Å². The molecular formula is C17H14BrNO. The molecule has 2 aromatic carbocycles. The number of carbonyl (C=O) groups is 1. The molecule has 1 heterocycles. The van der Waals surface area contributed by atoms with Crippen molar-refractivity contribution in [2.45, 2.75) is 5.92 Å². The van der Waals surface area contributed by atoms with Gasteiger partial charge >= 0.3 is 0 Å². The Bertz CT molecular complexity index is 680. The molecule has 0 radical (unpaired) electrons. The van der Waals surface area contributed by atoms with Crippen molar-refractivity contribution in [3.05, 3.63) is 76.8 Å². The quantitative estimate of drug-likeness (QED) is 0.760. The van der Waals surface area contributed by atoms with Gasteiger partial charge in [0.05, 0.1) is 0 Å². The summed E-state index contributed by atoms with van der Waals surface area (Å²) in [6, 6.07) is 16.3. The lowest BCUT2D eigenvalue weighted by Crippen LogP contribution is -2.27. The van der Waals surface area contributed by atoms with Crippen LogP contribution in [-0.4, -0.2) is 12.5 Å². The predicted molar refractivity (Wildman–Crippen MR) is 85.0 cm³/mol. The Morgan fingerprint density at radius 3 is 2.80 bits per heavy atom. The maximum absolute atomic E-state index is 12.0.